The van der Waals surface area contributed by atoms with E-state index >= 15 is 0 Å². The average Bonchev–Trinajstić information content (AvgIpc) is 2.18. The molecule has 0 saturated heterocycles. The van der Waals surface area contributed by atoms with Gasteiger partial charge in [0.25, 0.3) is 0 Å². The molecule has 108 valence electrons. The Kier molecular flexibility index (Phi) is 8.44. The van der Waals surface area contributed by atoms with Crippen LogP contribution in [0.4, 0.5) is 0 Å². The van der Waals surface area contributed by atoms with Gasteiger partial charge in [-0.15, -0.1) is 0 Å². The van der Waals surface area contributed by atoms with E-state index in [1.165, 1.54) is 18.6 Å². The van der Waals surface area contributed by atoms with Crippen molar-refractivity contribution in [2.24, 2.45) is 10.8 Å². The normalized spacial score (nSPS) is 12.6. The van der Waals surface area contributed by atoms with Gasteiger partial charge in [-0.25, -0.2) is 0 Å². The molecule has 0 aromatic heterocycles. The Morgan fingerprint density at radius 2 is 1.56 bits per heavy atom. The molecule has 0 spiro atoms. The molecule has 0 amide bonds. The van der Waals surface area contributed by atoms with E-state index in [0.29, 0.717) is 12.0 Å². The van der Waals surface area contributed by atoms with Gasteiger partial charge in [0.05, 0.1) is 5.41 Å². The average molecular weight is 293 g/mol. The second-order valence-electron chi connectivity index (χ2n) is 6.69. The van der Waals surface area contributed by atoms with E-state index in [1.807, 2.05) is 31.6 Å². The molecule has 0 unspecified atom stereocenters. The van der Waals surface area contributed by atoms with Gasteiger partial charge in [0.2, 0.25) is 0 Å². The highest BCUT2D eigenvalue weighted by Crippen LogP contribution is 2.26. The van der Waals surface area contributed by atoms with Gasteiger partial charge >= 0.3 is 5.97 Å². The van der Waals surface area contributed by atoms with Crippen molar-refractivity contribution in [2.75, 3.05) is 18.1 Å². The molecule has 0 fully saturated rings. The monoisotopic (exact) mass is 292 g/mol. The SMILES string of the molecule is CC(C)(C)CCCSSCCOC(=O)C(C)(C)C. The number of carbonyl (C=O) groups is 1. The lowest BCUT2D eigenvalue weighted by Gasteiger charge is -2.17. The summed E-state index contributed by atoms with van der Waals surface area (Å²) >= 11 is 0. The van der Waals surface area contributed by atoms with Crippen LogP contribution in [0.3, 0.4) is 0 Å². The summed E-state index contributed by atoms with van der Waals surface area (Å²) in [6, 6.07) is 0. The lowest BCUT2D eigenvalue weighted by molar-refractivity contribution is -0.152. The Bertz CT molecular complexity index is 239. The summed E-state index contributed by atoms with van der Waals surface area (Å²) in [4.78, 5) is 11.5. The molecule has 0 N–H and O–H groups in total. The lowest BCUT2D eigenvalue weighted by atomic mass is 9.91. The van der Waals surface area contributed by atoms with Gasteiger partial charge in [0.15, 0.2) is 0 Å². The number of hydrogen-bond acceptors (Lipinski definition) is 4. The first-order valence-electron chi connectivity index (χ1n) is 6.54. The number of rotatable bonds is 7. The summed E-state index contributed by atoms with van der Waals surface area (Å²) in [5, 5.41) is 0. The number of ether oxygens (including phenoxy) is 1. The van der Waals surface area contributed by atoms with Crippen LogP contribution in [0.2, 0.25) is 0 Å². The first kappa shape index (κ1) is 18.2. The molecular formula is C14H28O2S2. The molecule has 0 saturated carbocycles. The highest BCUT2D eigenvalue weighted by Gasteiger charge is 2.22. The minimum absolute atomic E-state index is 0.110. The van der Waals surface area contributed by atoms with E-state index in [4.69, 9.17) is 4.74 Å². The summed E-state index contributed by atoms with van der Waals surface area (Å²) in [6.45, 7) is 13.0. The largest absolute Gasteiger partial charge is 0.464 e. The summed E-state index contributed by atoms with van der Waals surface area (Å²) in [5.41, 5.74) is 0.0536. The summed E-state index contributed by atoms with van der Waals surface area (Å²) in [5.74, 6) is 1.94. The third-order valence-corrected chi connectivity index (χ3v) is 4.71. The molecule has 0 rings (SSSR count). The quantitative estimate of drug-likeness (QED) is 0.383. The first-order chi connectivity index (χ1) is 8.13. The van der Waals surface area contributed by atoms with E-state index in [1.54, 1.807) is 10.8 Å². The van der Waals surface area contributed by atoms with Gasteiger partial charge in [0.1, 0.15) is 6.61 Å². The van der Waals surface area contributed by atoms with E-state index in [-0.39, 0.29) is 11.4 Å². The smallest absolute Gasteiger partial charge is 0.311 e. The van der Waals surface area contributed by atoms with Crippen molar-refractivity contribution in [3.8, 4) is 0 Å². The zero-order valence-electron chi connectivity index (χ0n) is 12.7. The van der Waals surface area contributed by atoms with Gasteiger partial charge in [-0.2, -0.15) is 0 Å². The Labute approximate surface area is 120 Å². The molecule has 0 aliphatic carbocycles. The third kappa shape index (κ3) is 11.3. The Balaban J connectivity index is 3.35. The van der Waals surface area contributed by atoms with Crippen molar-refractivity contribution in [3.63, 3.8) is 0 Å². The molecule has 18 heavy (non-hydrogen) atoms. The Morgan fingerprint density at radius 1 is 1.00 bits per heavy atom. The van der Waals surface area contributed by atoms with Crippen LogP contribution in [0.25, 0.3) is 0 Å². The standard InChI is InChI=1S/C14H28O2S2/c1-13(2,3)8-7-10-17-18-11-9-16-12(15)14(4,5)6/h7-11H2,1-6H3. The topological polar surface area (TPSA) is 26.3 Å². The first-order valence-corrected chi connectivity index (χ1v) is 9.03. The van der Waals surface area contributed by atoms with Crippen molar-refractivity contribution in [1.82, 2.24) is 0 Å². The fourth-order valence-corrected chi connectivity index (χ4v) is 3.08. The molecule has 2 nitrogen and oxygen atoms in total. The van der Waals surface area contributed by atoms with Gasteiger partial charge in [-0.05, 0) is 39.0 Å². The Hall–Kier alpha value is 0.170. The maximum Gasteiger partial charge on any atom is 0.311 e. The zero-order chi connectivity index (χ0) is 14.2. The fraction of sp³-hybridized carbons (Fsp3) is 0.929. The van der Waals surface area contributed by atoms with Gasteiger partial charge in [-0.3, -0.25) is 4.79 Å². The molecule has 0 aromatic rings. The van der Waals surface area contributed by atoms with Crippen molar-refractivity contribution in [3.05, 3.63) is 0 Å². The van der Waals surface area contributed by atoms with Crippen LogP contribution in [0.15, 0.2) is 0 Å². The van der Waals surface area contributed by atoms with Crippen LogP contribution in [0, 0.1) is 10.8 Å². The molecule has 0 atom stereocenters. The fourth-order valence-electron chi connectivity index (χ4n) is 1.16. The minimum Gasteiger partial charge on any atom is -0.464 e. The third-order valence-electron chi connectivity index (χ3n) is 2.25. The van der Waals surface area contributed by atoms with E-state index in [0.717, 1.165) is 5.75 Å². The molecule has 4 heteroatoms. The van der Waals surface area contributed by atoms with Gasteiger partial charge in [0, 0.05) is 11.5 Å². The maximum absolute atomic E-state index is 11.5. The Morgan fingerprint density at radius 3 is 2.06 bits per heavy atom. The minimum atomic E-state index is -0.384. The van der Waals surface area contributed by atoms with E-state index in [9.17, 15) is 4.79 Å². The predicted octanol–water partition coefficient (Wildman–Crippen LogP) is 4.78. The zero-order valence-corrected chi connectivity index (χ0v) is 14.3. The van der Waals surface area contributed by atoms with Crippen LogP contribution in [0.1, 0.15) is 54.4 Å². The molecule has 0 aromatic carbocycles. The van der Waals surface area contributed by atoms with E-state index in [2.05, 4.69) is 20.8 Å². The van der Waals surface area contributed by atoms with Crippen LogP contribution in [0.5, 0.6) is 0 Å². The molecule has 0 radical (unpaired) electrons. The number of hydrogen-bond donors (Lipinski definition) is 0. The summed E-state index contributed by atoms with van der Waals surface area (Å²) in [7, 11) is 3.67. The van der Waals surface area contributed by atoms with Crippen molar-refractivity contribution < 1.29 is 9.53 Å². The molecular weight excluding hydrogens is 264 g/mol. The van der Waals surface area contributed by atoms with Gasteiger partial charge in [-0.1, -0.05) is 42.4 Å². The number of esters is 1. The highest BCUT2D eigenvalue weighted by atomic mass is 33.1. The van der Waals surface area contributed by atoms with Gasteiger partial charge < -0.3 is 4.74 Å². The second-order valence-corrected chi connectivity index (χ2v) is 9.40. The molecule has 0 aliphatic heterocycles. The molecule has 0 heterocycles. The highest BCUT2D eigenvalue weighted by molar-refractivity contribution is 8.76. The van der Waals surface area contributed by atoms with Crippen LogP contribution < -0.4 is 0 Å². The van der Waals surface area contributed by atoms with Crippen molar-refractivity contribution >= 4 is 27.6 Å². The summed E-state index contributed by atoms with van der Waals surface area (Å²) < 4.78 is 5.19. The van der Waals surface area contributed by atoms with E-state index < -0.39 is 0 Å². The maximum atomic E-state index is 11.5. The number of carbonyl (C=O) groups excluding carboxylic acids is 1. The lowest BCUT2D eigenvalue weighted by Crippen LogP contribution is -2.23. The predicted molar refractivity (Wildman–Crippen MR) is 84.0 cm³/mol. The molecule has 0 aliphatic rings. The van der Waals surface area contributed by atoms with Crippen LogP contribution in [-0.4, -0.2) is 24.1 Å². The van der Waals surface area contributed by atoms with Crippen molar-refractivity contribution in [1.29, 1.82) is 0 Å². The summed E-state index contributed by atoms with van der Waals surface area (Å²) in [6.07, 6.45) is 2.52. The van der Waals surface area contributed by atoms with Crippen LogP contribution in [-0.2, 0) is 9.53 Å². The molecule has 0 bridgehead atoms. The van der Waals surface area contributed by atoms with Crippen LogP contribution >= 0.6 is 21.6 Å². The van der Waals surface area contributed by atoms with Crippen molar-refractivity contribution in [2.45, 2.75) is 54.4 Å². The second kappa shape index (κ2) is 8.36.